The van der Waals surface area contributed by atoms with Crippen LogP contribution in [0.1, 0.15) is 20.3 Å². The standard InChI is InChI=1S/C10H17NO3S/c1-6(2)4-7(10(13)14-3)11-9(12)8-5-15-8/h6-8H,4-5H2,1-3H3,(H,11,12)/t7-,8+/m0/s1. The van der Waals surface area contributed by atoms with E-state index in [4.69, 9.17) is 0 Å². The lowest BCUT2D eigenvalue weighted by atomic mass is 10.0. The molecule has 1 saturated heterocycles. The van der Waals surface area contributed by atoms with Gasteiger partial charge in [0, 0.05) is 5.75 Å². The number of thioether (sulfide) groups is 1. The summed E-state index contributed by atoms with van der Waals surface area (Å²) in [5.74, 6) is 0.807. The minimum absolute atomic E-state index is 0.0453. The largest absolute Gasteiger partial charge is 0.467 e. The SMILES string of the molecule is COC(=O)[C@H](CC(C)C)NC(=O)[C@H]1CS1. The van der Waals surface area contributed by atoms with Crippen molar-refractivity contribution in [1.29, 1.82) is 0 Å². The van der Waals surface area contributed by atoms with Gasteiger partial charge in [-0.2, -0.15) is 0 Å². The zero-order valence-electron chi connectivity index (χ0n) is 9.28. The normalized spacial score (nSPS) is 20.9. The van der Waals surface area contributed by atoms with Gasteiger partial charge in [0.25, 0.3) is 0 Å². The molecular weight excluding hydrogens is 214 g/mol. The molecule has 1 heterocycles. The van der Waals surface area contributed by atoms with Crippen molar-refractivity contribution in [3.05, 3.63) is 0 Å². The van der Waals surface area contributed by atoms with Crippen LogP contribution in [0.3, 0.4) is 0 Å². The van der Waals surface area contributed by atoms with Crippen LogP contribution >= 0.6 is 11.8 Å². The van der Waals surface area contributed by atoms with Crippen LogP contribution in [-0.4, -0.2) is 36.0 Å². The Labute approximate surface area is 94.1 Å². The zero-order valence-corrected chi connectivity index (χ0v) is 10.1. The number of esters is 1. The number of amides is 1. The molecule has 1 aliphatic heterocycles. The number of nitrogens with one attached hydrogen (secondary N) is 1. The summed E-state index contributed by atoms with van der Waals surface area (Å²) < 4.78 is 4.65. The summed E-state index contributed by atoms with van der Waals surface area (Å²) in [6.45, 7) is 4.02. The highest BCUT2D eigenvalue weighted by molar-refractivity contribution is 8.07. The molecular formula is C10H17NO3S. The van der Waals surface area contributed by atoms with Gasteiger partial charge in [0.2, 0.25) is 5.91 Å². The van der Waals surface area contributed by atoms with Crippen LogP contribution in [0.5, 0.6) is 0 Å². The van der Waals surface area contributed by atoms with E-state index in [0.717, 1.165) is 5.75 Å². The van der Waals surface area contributed by atoms with Gasteiger partial charge in [-0.1, -0.05) is 13.8 Å². The van der Waals surface area contributed by atoms with Gasteiger partial charge >= 0.3 is 5.97 Å². The van der Waals surface area contributed by atoms with Gasteiger partial charge in [-0.15, -0.1) is 11.8 Å². The molecule has 1 amide bonds. The Morgan fingerprint density at radius 2 is 2.13 bits per heavy atom. The van der Waals surface area contributed by atoms with E-state index in [1.54, 1.807) is 11.8 Å². The molecule has 0 aliphatic carbocycles. The number of hydrogen-bond acceptors (Lipinski definition) is 4. The van der Waals surface area contributed by atoms with Crippen molar-refractivity contribution in [2.45, 2.75) is 31.6 Å². The minimum Gasteiger partial charge on any atom is -0.467 e. The van der Waals surface area contributed by atoms with Crippen LogP contribution in [0.4, 0.5) is 0 Å². The topological polar surface area (TPSA) is 55.4 Å². The first-order chi connectivity index (χ1) is 7.04. The molecule has 0 aromatic heterocycles. The van der Waals surface area contributed by atoms with Crippen molar-refractivity contribution in [2.75, 3.05) is 12.9 Å². The number of rotatable bonds is 5. The summed E-state index contributed by atoms with van der Waals surface area (Å²) in [7, 11) is 1.34. The molecule has 1 N–H and O–H groups in total. The van der Waals surface area contributed by atoms with Gasteiger partial charge < -0.3 is 10.1 Å². The Morgan fingerprint density at radius 1 is 1.53 bits per heavy atom. The quantitative estimate of drug-likeness (QED) is 0.562. The van der Waals surface area contributed by atoms with E-state index in [1.807, 2.05) is 13.8 Å². The van der Waals surface area contributed by atoms with Gasteiger partial charge in [0.15, 0.2) is 0 Å². The first kappa shape index (κ1) is 12.4. The summed E-state index contributed by atoms with van der Waals surface area (Å²) in [6, 6.07) is -0.497. The fraction of sp³-hybridized carbons (Fsp3) is 0.800. The van der Waals surface area contributed by atoms with Crippen LogP contribution in [0.15, 0.2) is 0 Å². The summed E-state index contributed by atoms with van der Waals surface area (Å²) in [5.41, 5.74) is 0. The van der Waals surface area contributed by atoms with Crippen molar-refractivity contribution in [3.63, 3.8) is 0 Å². The molecule has 0 unspecified atom stereocenters. The second-order valence-electron chi connectivity index (χ2n) is 4.04. The highest BCUT2D eigenvalue weighted by Crippen LogP contribution is 2.30. The first-order valence-corrected chi connectivity index (χ1v) is 6.09. The molecule has 0 bridgehead atoms. The van der Waals surface area contributed by atoms with Crippen molar-refractivity contribution in [3.8, 4) is 0 Å². The molecule has 0 aromatic rings. The molecule has 0 radical (unpaired) electrons. The molecule has 15 heavy (non-hydrogen) atoms. The van der Waals surface area contributed by atoms with Gasteiger partial charge in [-0.3, -0.25) is 4.79 Å². The van der Waals surface area contributed by atoms with E-state index in [0.29, 0.717) is 12.3 Å². The van der Waals surface area contributed by atoms with Gasteiger partial charge in [0.1, 0.15) is 6.04 Å². The Kier molecular flexibility index (Phi) is 4.45. The maximum atomic E-state index is 11.5. The summed E-state index contributed by atoms with van der Waals surface area (Å²) in [4.78, 5) is 22.9. The van der Waals surface area contributed by atoms with Gasteiger partial charge in [0.05, 0.1) is 12.4 Å². The number of carbonyl (C=O) groups is 2. The molecule has 1 aliphatic rings. The van der Waals surface area contributed by atoms with Crippen molar-refractivity contribution < 1.29 is 14.3 Å². The van der Waals surface area contributed by atoms with E-state index < -0.39 is 6.04 Å². The van der Waals surface area contributed by atoms with Crippen LogP contribution in [0.2, 0.25) is 0 Å². The Morgan fingerprint density at radius 3 is 2.53 bits per heavy atom. The predicted molar refractivity (Wildman–Crippen MR) is 59.6 cm³/mol. The maximum absolute atomic E-state index is 11.5. The lowest BCUT2D eigenvalue weighted by molar-refractivity contribution is -0.145. The molecule has 1 fully saturated rings. The summed E-state index contributed by atoms with van der Waals surface area (Å²) in [5, 5.41) is 2.77. The molecule has 0 aromatic carbocycles. The lowest BCUT2D eigenvalue weighted by Gasteiger charge is -2.17. The number of hydrogen-bond donors (Lipinski definition) is 1. The third-order valence-corrected chi connectivity index (χ3v) is 3.02. The van der Waals surface area contributed by atoms with Crippen LogP contribution in [0.25, 0.3) is 0 Å². The van der Waals surface area contributed by atoms with Crippen molar-refractivity contribution >= 4 is 23.6 Å². The fourth-order valence-electron chi connectivity index (χ4n) is 1.29. The van der Waals surface area contributed by atoms with Crippen LogP contribution < -0.4 is 5.32 Å². The average molecular weight is 231 g/mol. The van der Waals surface area contributed by atoms with Crippen molar-refractivity contribution in [1.82, 2.24) is 5.32 Å². The number of ether oxygens (including phenoxy) is 1. The predicted octanol–water partition coefficient (Wildman–Crippen LogP) is 0.806. The monoisotopic (exact) mass is 231 g/mol. The zero-order chi connectivity index (χ0) is 11.4. The van der Waals surface area contributed by atoms with Crippen LogP contribution in [-0.2, 0) is 14.3 Å². The third-order valence-electron chi connectivity index (χ3n) is 2.14. The van der Waals surface area contributed by atoms with E-state index in [-0.39, 0.29) is 17.1 Å². The fourth-order valence-corrected chi connectivity index (χ4v) is 1.76. The summed E-state index contributed by atoms with van der Waals surface area (Å²) in [6.07, 6.45) is 0.621. The smallest absolute Gasteiger partial charge is 0.328 e. The van der Waals surface area contributed by atoms with E-state index in [1.165, 1.54) is 7.11 Å². The lowest BCUT2D eigenvalue weighted by Crippen LogP contribution is -2.44. The van der Waals surface area contributed by atoms with Gasteiger partial charge in [-0.25, -0.2) is 4.79 Å². The van der Waals surface area contributed by atoms with E-state index in [9.17, 15) is 9.59 Å². The summed E-state index contributed by atoms with van der Waals surface area (Å²) >= 11 is 1.59. The number of methoxy groups -OCH3 is 1. The van der Waals surface area contributed by atoms with E-state index >= 15 is 0 Å². The second kappa shape index (κ2) is 5.39. The third kappa shape index (κ3) is 4.11. The first-order valence-electron chi connectivity index (χ1n) is 5.04. The average Bonchev–Trinajstić information content (AvgIpc) is 2.97. The molecule has 0 saturated carbocycles. The van der Waals surface area contributed by atoms with Crippen molar-refractivity contribution in [2.24, 2.45) is 5.92 Å². The molecule has 0 spiro atoms. The van der Waals surface area contributed by atoms with Crippen LogP contribution in [0, 0.1) is 5.92 Å². The Hall–Kier alpha value is -0.710. The highest BCUT2D eigenvalue weighted by Gasteiger charge is 2.33. The molecule has 5 heteroatoms. The minimum atomic E-state index is -0.497. The highest BCUT2D eigenvalue weighted by atomic mass is 32.2. The van der Waals surface area contributed by atoms with Gasteiger partial charge in [-0.05, 0) is 12.3 Å². The Bertz CT molecular complexity index is 251. The molecule has 2 atom stereocenters. The number of carbonyl (C=O) groups excluding carboxylic acids is 2. The second-order valence-corrected chi connectivity index (χ2v) is 5.27. The van der Waals surface area contributed by atoms with E-state index in [2.05, 4.69) is 10.1 Å². The molecule has 4 nitrogen and oxygen atoms in total. The Balaban J connectivity index is 2.46. The molecule has 1 rings (SSSR count). The molecule has 86 valence electrons. The maximum Gasteiger partial charge on any atom is 0.328 e.